The normalized spacial score (nSPS) is 19.1. The first-order valence-electron chi connectivity index (χ1n) is 7.41. The Kier molecular flexibility index (Phi) is 5.66. The van der Waals surface area contributed by atoms with Crippen LogP contribution in [-0.4, -0.2) is 43.5 Å². The van der Waals surface area contributed by atoms with Gasteiger partial charge in [-0.15, -0.1) is 0 Å². The minimum absolute atomic E-state index is 0.114. The zero-order chi connectivity index (χ0) is 16.3. The van der Waals surface area contributed by atoms with Crippen molar-refractivity contribution >= 4 is 16.2 Å². The number of hydrogen-bond donors (Lipinski definition) is 0. The van der Waals surface area contributed by atoms with Gasteiger partial charge in [-0.05, 0) is 53.4 Å². The van der Waals surface area contributed by atoms with E-state index in [1.165, 1.54) is 11.8 Å². The van der Waals surface area contributed by atoms with Crippen LogP contribution in [0.15, 0.2) is 0 Å². The third kappa shape index (κ3) is 5.14. The molecule has 0 bridgehead atoms. The molecule has 1 aliphatic carbocycles. The maximum absolute atomic E-state index is 12.3. The highest BCUT2D eigenvalue weighted by atomic mass is 32.2. The van der Waals surface area contributed by atoms with E-state index in [0.29, 0.717) is 12.8 Å². The second kappa shape index (κ2) is 6.52. The second-order valence-electron chi connectivity index (χ2n) is 6.48. The number of amides is 1. The van der Waals surface area contributed by atoms with Crippen LogP contribution in [0.4, 0.5) is 4.79 Å². The summed E-state index contributed by atoms with van der Waals surface area (Å²) in [5.41, 5.74) is -1.75. The van der Waals surface area contributed by atoms with Crippen LogP contribution in [0.25, 0.3) is 0 Å². The van der Waals surface area contributed by atoms with Crippen molar-refractivity contribution < 1.29 is 22.1 Å². The van der Waals surface area contributed by atoms with Gasteiger partial charge in [0.2, 0.25) is 0 Å². The van der Waals surface area contributed by atoms with Crippen molar-refractivity contribution in [3.8, 4) is 0 Å². The first-order valence-corrected chi connectivity index (χ1v) is 8.99. The fraction of sp³-hybridized carbons (Fsp3) is 0.929. The van der Waals surface area contributed by atoms with Crippen LogP contribution < -0.4 is 0 Å². The molecule has 0 radical (unpaired) electrons. The van der Waals surface area contributed by atoms with E-state index in [1.54, 1.807) is 27.8 Å². The number of ether oxygens (including phenoxy) is 1. The van der Waals surface area contributed by atoms with Crippen molar-refractivity contribution in [3.05, 3.63) is 0 Å². The zero-order valence-corrected chi connectivity index (χ0v) is 14.5. The minimum atomic E-state index is -3.65. The summed E-state index contributed by atoms with van der Waals surface area (Å²) in [5.74, 6) is -0.114. The van der Waals surface area contributed by atoms with Crippen molar-refractivity contribution in [1.29, 1.82) is 0 Å². The Morgan fingerprint density at radius 2 is 1.71 bits per heavy atom. The van der Waals surface area contributed by atoms with Crippen LogP contribution in [0.1, 0.15) is 59.8 Å². The maximum Gasteiger partial charge on any atom is 0.412 e. The molecule has 0 aromatic heterocycles. The summed E-state index contributed by atoms with van der Waals surface area (Å²) in [6.07, 6.45) is 3.11. The average Bonchev–Trinajstić information content (AvgIpc) is 2.36. The van der Waals surface area contributed by atoms with Gasteiger partial charge < -0.3 is 4.74 Å². The Morgan fingerprint density at radius 3 is 2.14 bits per heavy atom. The van der Waals surface area contributed by atoms with Gasteiger partial charge in [0.1, 0.15) is 5.60 Å². The van der Waals surface area contributed by atoms with E-state index < -0.39 is 27.5 Å². The summed E-state index contributed by atoms with van der Waals surface area (Å²) in [7, 11) is -2.10. The van der Waals surface area contributed by atoms with Gasteiger partial charge in [0, 0.05) is 7.05 Å². The Balaban J connectivity index is 2.99. The first-order chi connectivity index (χ1) is 9.51. The number of hydrogen-bond acceptors (Lipinski definition) is 5. The molecule has 0 N–H and O–H groups in total. The monoisotopic (exact) mass is 321 g/mol. The molecule has 1 rings (SSSR count). The summed E-state index contributed by atoms with van der Waals surface area (Å²) < 4.78 is 34.5. The molecule has 0 aromatic carbocycles. The molecule has 0 unspecified atom stereocenters. The van der Waals surface area contributed by atoms with E-state index >= 15 is 0 Å². The minimum Gasteiger partial charge on any atom is -0.444 e. The molecule has 0 spiro atoms. The molecular formula is C14H27NO5S. The maximum atomic E-state index is 12.3. The number of carbonyl (C=O) groups excluding carboxylic acids is 1. The molecule has 0 aliphatic heterocycles. The SMILES string of the molecule is CCS(=O)(=O)OC1(N(C)C(=O)OC(C)(C)C)CCCCC1. The lowest BCUT2D eigenvalue weighted by Gasteiger charge is -2.43. The predicted molar refractivity (Wildman–Crippen MR) is 80.4 cm³/mol. The molecule has 1 amide bonds. The molecule has 0 atom stereocenters. The third-order valence-corrected chi connectivity index (χ3v) is 4.82. The van der Waals surface area contributed by atoms with Crippen LogP contribution in [0, 0.1) is 0 Å². The molecule has 7 heteroatoms. The van der Waals surface area contributed by atoms with E-state index in [-0.39, 0.29) is 5.75 Å². The van der Waals surface area contributed by atoms with Crippen molar-refractivity contribution in [2.24, 2.45) is 0 Å². The Morgan fingerprint density at radius 1 is 1.19 bits per heavy atom. The largest absolute Gasteiger partial charge is 0.444 e. The lowest BCUT2D eigenvalue weighted by molar-refractivity contribution is -0.0934. The summed E-state index contributed by atoms with van der Waals surface area (Å²) in [4.78, 5) is 13.6. The van der Waals surface area contributed by atoms with Gasteiger partial charge in [0.15, 0.2) is 5.72 Å². The molecule has 0 saturated heterocycles. The topological polar surface area (TPSA) is 72.9 Å². The van der Waals surface area contributed by atoms with Gasteiger partial charge in [-0.25, -0.2) is 8.98 Å². The summed E-state index contributed by atoms with van der Waals surface area (Å²) >= 11 is 0. The first kappa shape index (κ1) is 18.2. The van der Waals surface area contributed by atoms with Gasteiger partial charge in [-0.2, -0.15) is 8.42 Å². The molecule has 21 heavy (non-hydrogen) atoms. The van der Waals surface area contributed by atoms with Crippen LogP contribution >= 0.6 is 0 Å². The van der Waals surface area contributed by atoms with E-state index in [0.717, 1.165) is 19.3 Å². The molecule has 1 aliphatic rings. The highest BCUT2D eigenvalue weighted by Gasteiger charge is 2.44. The van der Waals surface area contributed by atoms with Crippen molar-refractivity contribution in [1.82, 2.24) is 4.90 Å². The van der Waals surface area contributed by atoms with Gasteiger partial charge in [-0.3, -0.25) is 4.90 Å². The van der Waals surface area contributed by atoms with Gasteiger partial charge in [-0.1, -0.05) is 6.42 Å². The fourth-order valence-corrected chi connectivity index (χ4v) is 3.24. The molecule has 0 heterocycles. The summed E-state index contributed by atoms with van der Waals surface area (Å²) in [5, 5.41) is 0. The predicted octanol–water partition coefficient (Wildman–Crippen LogP) is 2.88. The van der Waals surface area contributed by atoms with Crippen molar-refractivity contribution in [2.75, 3.05) is 12.8 Å². The Hall–Kier alpha value is -0.820. The van der Waals surface area contributed by atoms with E-state index in [4.69, 9.17) is 8.92 Å². The van der Waals surface area contributed by atoms with E-state index in [1.807, 2.05) is 0 Å². The summed E-state index contributed by atoms with van der Waals surface area (Å²) in [6.45, 7) is 6.85. The third-order valence-electron chi connectivity index (χ3n) is 3.55. The summed E-state index contributed by atoms with van der Waals surface area (Å²) in [6, 6.07) is 0. The average molecular weight is 321 g/mol. The van der Waals surface area contributed by atoms with Crippen molar-refractivity contribution in [2.45, 2.75) is 71.1 Å². The van der Waals surface area contributed by atoms with E-state index in [9.17, 15) is 13.2 Å². The van der Waals surface area contributed by atoms with Gasteiger partial charge >= 0.3 is 6.09 Å². The molecule has 6 nitrogen and oxygen atoms in total. The Labute approximate surface area is 127 Å². The lowest BCUT2D eigenvalue weighted by Crippen LogP contribution is -2.54. The molecule has 124 valence electrons. The molecule has 1 fully saturated rings. The van der Waals surface area contributed by atoms with E-state index in [2.05, 4.69) is 0 Å². The lowest BCUT2D eigenvalue weighted by atomic mass is 9.91. The number of rotatable bonds is 4. The van der Waals surface area contributed by atoms with Crippen molar-refractivity contribution in [3.63, 3.8) is 0 Å². The zero-order valence-electron chi connectivity index (χ0n) is 13.6. The molecule has 1 saturated carbocycles. The quantitative estimate of drug-likeness (QED) is 0.588. The van der Waals surface area contributed by atoms with Crippen LogP contribution in [0.5, 0.6) is 0 Å². The number of nitrogens with zero attached hydrogens (tertiary/aromatic N) is 1. The molecule has 0 aromatic rings. The van der Waals surface area contributed by atoms with Crippen LogP contribution in [-0.2, 0) is 19.0 Å². The standard InChI is InChI=1S/C14H27NO5S/c1-6-21(17,18)20-14(10-8-7-9-11-14)15(5)12(16)19-13(2,3)4/h6-11H2,1-5H3. The van der Waals surface area contributed by atoms with Gasteiger partial charge in [0.25, 0.3) is 10.1 Å². The Bertz CT molecular complexity index is 460. The molecular weight excluding hydrogens is 294 g/mol. The van der Waals surface area contributed by atoms with Crippen LogP contribution in [0.3, 0.4) is 0 Å². The van der Waals surface area contributed by atoms with Gasteiger partial charge in [0.05, 0.1) is 5.75 Å². The number of carbonyl (C=O) groups is 1. The fourth-order valence-electron chi connectivity index (χ4n) is 2.37. The second-order valence-corrected chi connectivity index (χ2v) is 8.34. The highest BCUT2D eigenvalue weighted by Crippen LogP contribution is 2.36. The highest BCUT2D eigenvalue weighted by molar-refractivity contribution is 7.86. The smallest absolute Gasteiger partial charge is 0.412 e. The van der Waals surface area contributed by atoms with Crippen LogP contribution in [0.2, 0.25) is 0 Å².